The van der Waals surface area contributed by atoms with E-state index in [2.05, 4.69) is 0 Å². The van der Waals surface area contributed by atoms with Gasteiger partial charge in [-0.3, -0.25) is 0 Å². The molecule has 0 aromatic heterocycles. The lowest BCUT2D eigenvalue weighted by atomic mass is 15.8. The molecule has 0 aliphatic rings. The normalized spacial score (nSPS) is 10.0. The van der Waals surface area contributed by atoms with E-state index in [0.717, 1.165) is 0 Å². The Labute approximate surface area is 35.5 Å². The summed E-state index contributed by atoms with van der Waals surface area (Å²) < 4.78 is 34.0. The molecular formula is H3ClO5. The molecule has 0 aromatic rings. The van der Waals surface area contributed by atoms with E-state index in [1.54, 1.807) is 0 Å². The van der Waals surface area contributed by atoms with Crippen molar-refractivity contribution in [3.05, 3.63) is 0 Å². The second kappa shape index (κ2) is 2.30. The number of rotatable bonds is 0. The predicted octanol–water partition coefficient (Wildman–Crippen LogP) is -5.68. The molecule has 0 aromatic carbocycles. The molecule has 0 spiro atoms. The summed E-state index contributed by atoms with van der Waals surface area (Å²) in [5.41, 5.74) is 0. The first-order chi connectivity index (χ1) is 2.00. The van der Waals surface area contributed by atoms with E-state index in [0.29, 0.717) is 0 Å². The maximum Gasteiger partial charge on any atom is -0.112 e. The van der Waals surface area contributed by atoms with Crippen molar-refractivity contribution >= 4 is 0 Å². The van der Waals surface area contributed by atoms with E-state index < -0.39 is 10.2 Å². The summed E-state index contributed by atoms with van der Waals surface area (Å²) in [6, 6.07) is 0. The summed E-state index contributed by atoms with van der Waals surface area (Å²) in [5, 5.41) is 0. The van der Waals surface area contributed by atoms with Crippen LogP contribution in [-0.2, 0) is 5.48 Å². The molecule has 0 unspecified atom stereocenters. The quantitative estimate of drug-likeness (QED) is 0.294. The van der Waals surface area contributed by atoms with Crippen LogP contribution in [0.25, 0.3) is 0 Å². The SMILES string of the molecule is [O-][Cl+3]([O-])([O-])[O-].[OH3+]. The molecule has 0 saturated heterocycles. The van der Waals surface area contributed by atoms with Crippen LogP contribution in [0.4, 0.5) is 0 Å². The summed E-state index contributed by atoms with van der Waals surface area (Å²) in [5.74, 6) is 0. The van der Waals surface area contributed by atoms with Gasteiger partial charge in [0, 0.05) is 0 Å². The minimum Gasteiger partial charge on any atom is -0.457 e. The van der Waals surface area contributed by atoms with Crippen molar-refractivity contribution in [1.82, 2.24) is 0 Å². The van der Waals surface area contributed by atoms with Gasteiger partial charge in [-0.2, -0.15) is 0 Å². The lowest BCUT2D eigenvalue weighted by Gasteiger charge is -2.17. The molecule has 6 heteroatoms. The maximum absolute atomic E-state index is 8.49. The highest BCUT2D eigenvalue weighted by Gasteiger charge is 1.84. The highest BCUT2D eigenvalue weighted by atomic mass is 35.7. The lowest BCUT2D eigenvalue weighted by Crippen LogP contribution is -2.68. The Balaban J connectivity index is 0. The van der Waals surface area contributed by atoms with Gasteiger partial charge in [-0.1, -0.05) is 0 Å². The first-order valence-corrected chi connectivity index (χ1v) is 1.85. The smallest absolute Gasteiger partial charge is 0.112 e. The highest BCUT2D eigenvalue weighted by molar-refractivity contribution is 2.00. The van der Waals surface area contributed by atoms with Crippen molar-refractivity contribution in [2.75, 3.05) is 0 Å². The molecule has 40 valence electrons. The van der Waals surface area contributed by atoms with E-state index in [1.807, 2.05) is 0 Å². The van der Waals surface area contributed by atoms with Gasteiger partial charge < -0.3 is 5.48 Å². The van der Waals surface area contributed by atoms with Gasteiger partial charge in [0.25, 0.3) is 0 Å². The minimum atomic E-state index is -4.94. The third-order valence-corrected chi connectivity index (χ3v) is 0. The summed E-state index contributed by atoms with van der Waals surface area (Å²) >= 11 is 0. The maximum atomic E-state index is 8.49. The average molecular weight is 118 g/mol. The molecule has 0 rings (SSSR count). The average Bonchev–Trinajstić information content (AvgIpc) is 0.722. The molecule has 0 heterocycles. The van der Waals surface area contributed by atoms with Crippen molar-refractivity contribution in [2.24, 2.45) is 0 Å². The fourth-order valence-electron chi connectivity index (χ4n) is 0. The van der Waals surface area contributed by atoms with Gasteiger partial charge in [0.2, 0.25) is 0 Å². The molecule has 6 heavy (non-hydrogen) atoms. The van der Waals surface area contributed by atoms with Crippen molar-refractivity contribution in [1.29, 1.82) is 0 Å². The highest BCUT2D eigenvalue weighted by Crippen LogP contribution is 1.49. The van der Waals surface area contributed by atoms with Crippen LogP contribution in [-0.4, -0.2) is 0 Å². The van der Waals surface area contributed by atoms with Crippen molar-refractivity contribution in [3.63, 3.8) is 0 Å². The predicted molar refractivity (Wildman–Crippen MR) is 4.87 cm³/mol. The first kappa shape index (κ1) is 9.43. The fraction of sp³-hybridized carbons (Fsp3) is 0. The van der Waals surface area contributed by atoms with Gasteiger partial charge in [0.15, 0.2) is 0 Å². The molecule has 0 fully saturated rings. The van der Waals surface area contributed by atoms with Crippen LogP contribution in [0.5, 0.6) is 0 Å². The Morgan fingerprint density at radius 1 is 0.833 bits per heavy atom. The molecule has 0 saturated carbocycles. The fourth-order valence-corrected chi connectivity index (χ4v) is 0. The van der Waals surface area contributed by atoms with Gasteiger partial charge in [-0.15, -0.1) is 10.2 Å². The number of hydrogen-bond acceptors (Lipinski definition) is 4. The summed E-state index contributed by atoms with van der Waals surface area (Å²) in [6.07, 6.45) is 0. The standard InChI is InChI=1S/ClHO4.H2O/c2-1(3,4)5;/h(H,2,3,4,5);1H2. The molecule has 0 aliphatic heterocycles. The lowest BCUT2D eigenvalue weighted by molar-refractivity contribution is -2.00. The van der Waals surface area contributed by atoms with Crippen LogP contribution < -0.4 is 18.6 Å². The molecular weight excluding hydrogens is 115 g/mol. The summed E-state index contributed by atoms with van der Waals surface area (Å²) in [7, 11) is -4.94. The van der Waals surface area contributed by atoms with Crippen molar-refractivity contribution < 1.29 is 34.4 Å². The van der Waals surface area contributed by atoms with Crippen molar-refractivity contribution in [3.8, 4) is 0 Å². The van der Waals surface area contributed by atoms with E-state index in [4.69, 9.17) is 18.6 Å². The Morgan fingerprint density at radius 2 is 0.833 bits per heavy atom. The van der Waals surface area contributed by atoms with Gasteiger partial charge in [-0.05, 0) is 0 Å². The van der Waals surface area contributed by atoms with E-state index in [9.17, 15) is 0 Å². The zero-order valence-electron chi connectivity index (χ0n) is 2.59. The molecule has 0 amide bonds. The van der Waals surface area contributed by atoms with Crippen LogP contribution >= 0.6 is 0 Å². The Hall–Kier alpha value is 0.0900. The Morgan fingerprint density at radius 3 is 0.833 bits per heavy atom. The summed E-state index contributed by atoms with van der Waals surface area (Å²) in [4.78, 5) is 0. The van der Waals surface area contributed by atoms with Gasteiger partial charge in [-0.25, -0.2) is 18.6 Å². The van der Waals surface area contributed by atoms with Crippen LogP contribution in [0.3, 0.4) is 0 Å². The molecule has 0 bridgehead atoms. The Kier molecular flexibility index (Phi) is 3.61. The monoisotopic (exact) mass is 118 g/mol. The largest absolute Gasteiger partial charge is 0.457 e. The van der Waals surface area contributed by atoms with E-state index in [1.165, 1.54) is 0 Å². The van der Waals surface area contributed by atoms with Gasteiger partial charge >= 0.3 is 0 Å². The minimum absolute atomic E-state index is 0. The zero-order valence-corrected chi connectivity index (χ0v) is 3.34. The molecule has 0 aliphatic carbocycles. The van der Waals surface area contributed by atoms with E-state index >= 15 is 0 Å². The molecule has 3 N–H and O–H groups in total. The van der Waals surface area contributed by atoms with Crippen LogP contribution in [0, 0.1) is 10.2 Å². The second-order valence-electron chi connectivity index (χ2n) is 0.378. The van der Waals surface area contributed by atoms with E-state index in [-0.39, 0.29) is 5.48 Å². The number of hydrogen-bond donors (Lipinski definition) is 0. The molecule has 5 nitrogen and oxygen atoms in total. The van der Waals surface area contributed by atoms with Crippen LogP contribution in [0.15, 0.2) is 0 Å². The van der Waals surface area contributed by atoms with Gasteiger partial charge in [0.1, 0.15) is 0 Å². The Bertz CT molecular complexity index is 19.4. The van der Waals surface area contributed by atoms with Crippen LogP contribution in [0.2, 0.25) is 0 Å². The van der Waals surface area contributed by atoms with Crippen molar-refractivity contribution in [2.45, 2.75) is 0 Å². The summed E-state index contributed by atoms with van der Waals surface area (Å²) in [6.45, 7) is 0. The third kappa shape index (κ3) is 4820. The molecule has 0 atom stereocenters. The molecule has 0 radical (unpaired) electrons. The third-order valence-electron chi connectivity index (χ3n) is 0. The number of halogens is 1. The zero-order chi connectivity index (χ0) is 4.50. The van der Waals surface area contributed by atoms with Gasteiger partial charge in [0.05, 0.1) is 0 Å². The first-order valence-electron chi connectivity index (χ1n) is 0.617. The van der Waals surface area contributed by atoms with Crippen LogP contribution in [0.1, 0.15) is 0 Å². The topological polar surface area (TPSA) is 125 Å². The second-order valence-corrected chi connectivity index (χ2v) is 1.13.